The molecule has 0 saturated carbocycles. The third kappa shape index (κ3) is 2.83. The van der Waals surface area contributed by atoms with Crippen molar-refractivity contribution >= 4 is 0 Å². The van der Waals surface area contributed by atoms with Crippen LogP contribution in [0.15, 0.2) is 0 Å². The second-order valence-electron chi connectivity index (χ2n) is 2.74. The van der Waals surface area contributed by atoms with E-state index in [-0.39, 0.29) is 24.7 Å². The third-order valence-corrected chi connectivity index (χ3v) is 1.64. The van der Waals surface area contributed by atoms with E-state index < -0.39 is 11.8 Å². The average Bonchev–Trinajstić information content (AvgIpc) is 2.13. The van der Waals surface area contributed by atoms with Gasteiger partial charge in [0.05, 0.1) is 0 Å². The summed E-state index contributed by atoms with van der Waals surface area (Å²) in [6.45, 7) is 1.18. The predicted octanol–water partition coefficient (Wildman–Crippen LogP) is -3.48. The Balaban J connectivity index is 4.51. The summed E-state index contributed by atoms with van der Waals surface area (Å²) in [6.07, 6.45) is 0. The smallest absolute Gasteiger partial charge is 0.319 e. The van der Waals surface area contributed by atoms with Crippen molar-refractivity contribution in [3.8, 4) is 0 Å². The summed E-state index contributed by atoms with van der Waals surface area (Å²) in [6, 6.07) is 0. The van der Waals surface area contributed by atoms with Crippen molar-refractivity contribution in [2.45, 2.75) is 18.7 Å². The Labute approximate surface area is 81.1 Å². The van der Waals surface area contributed by atoms with Gasteiger partial charge in [0.25, 0.3) is 5.91 Å². The topological polar surface area (TPSA) is 142 Å². The zero-order valence-corrected chi connectivity index (χ0v) is 7.88. The SMILES string of the molecule is CCN(O)C(O)(O)C(O)(O)NCCN. The molecule has 0 rings (SSSR count). The molecule has 0 aromatic carbocycles. The maximum Gasteiger partial charge on any atom is 0.319 e. The molecule has 0 bridgehead atoms. The molecule has 14 heavy (non-hydrogen) atoms. The van der Waals surface area contributed by atoms with E-state index >= 15 is 0 Å². The zero-order valence-electron chi connectivity index (χ0n) is 7.88. The van der Waals surface area contributed by atoms with E-state index in [2.05, 4.69) is 0 Å². The normalized spacial score (nSPS) is 13.7. The summed E-state index contributed by atoms with van der Waals surface area (Å²) in [5.74, 6) is -6.28. The number of nitrogens with one attached hydrogen (secondary N) is 1. The molecule has 8 nitrogen and oxygen atoms in total. The molecule has 0 saturated heterocycles. The Kier molecular flexibility index (Phi) is 4.84. The second-order valence-corrected chi connectivity index (χ2v) is 2.74. The Bertz CT molecular complexity index is 175. The minimum atomic E-state index is -3.21. The minimum Gasteiger partial charge on any atom is -0.348 e. The monoisotopic (exact) mass is 211 g/mol. The highest BCUT2D eigenvalue weighted by atomic mass is 16.7. The lowest BCUT2D eigenvalue weighted by Crippen LogP contribution is -2.70. The first kappa shape index (κ1) is 13.7. The number of aliphatic hydroxyl groups is 4. The maximum atomic E-state index is 9.17. The summed E-state index contributed by atoms with van der Waals surface area (Å²) in [7, 11) is 0. The second kappa shape index (κ2) is 4.96. The lowest BCUT2D eigenvalue weighted by molar-refractivity contribution is -0.470. The fraction of sp³-hybridized carbons (Fsp3) is 1.00. The van der Waals surface area contributed by atoms with Crippen molar-refractivity contribution in [2.75, 3.05) is 19.6 Å². The van der Waals surface area contributed by atoms with E-state index in [1.807, 2.05) is 5.32 Å². The van der Waals surface area contributed by atoms with Crippen LogP contribution in [0.4, 0.5) is 0 Å². The molecule has 0 atom stereocenters. The summed E-state index contributed by atoms with van der Waals surface area (Å²) >= 11 is 0. The van der Waals surface area contributed by atoms with Crippen molar-refractivity contribution in [3.63, 3.8) is 0 Å². The molecular formula is C6H17N3O5. The first-order valence-electron chi connectivity index (χ1n) is 4.10. The summed E-state index contributed by atoms with van der Waals surface area (Å²) in [4.78, 5) is 0. The molecule has 0 aliphatic carbocycles. The Hall–Kier alpha value is -0.320. The molecule has 8 N–H and O–H groups in total. The van der Waals surface area contributed by atoms with Crippen LogP contribution in [-0.4, -0.2) is 62.2 Å². The summed E-state index contributed by atoms with van der Waals surface area (Å²) < 4.78 is 0. The van der Waals surface area contributed by atoms with Crippen LogP contribution in [0.3, 0.4) is 0 Å². The molecule has 0 spiro atoms. The lowest BCUT2D eigenvalue weighted by Gasteiger charge is -2.38. The molecule has 8 heteroatoms. The van der Waals surface area contributed by atoms with Gasteiger partial charge in [-0.2, -0.15) is 0 Å². The van der Waals surface area contributed by atoms with E-state index in [1.165, 1.54) is 6.92 Å². The van der Waals surface area contributed by atoms with E-state index in [0.29, 0.717) is 0 Å². The largest absolute Gasteiger partial charge is 0.348 e. The zero-order chi connectivity index (χ0) is 11.4. The predicted molar refractivity (Wildman–Crippen MR) is 45.6 cm³/mol. The fourth-order valence-electron chi connectivity index (χ4n) is 0.765. The number of likely N-dealkylation sites (N-methyl/N-ethyl adjacent to an activating group) is 1. The minimum absolute atomic E-state index is 0.0312. The van der Waals surface area contributed by atoms with Gasteiger partial charge in [0.1, 0.15) is 0 Å². The van der Waals surface area contributed by atoms with Gasteiger partial charge in [-0.05, 0) is 6.92 Å². The molecule has 0 aliphatic rings. The van der Waals surface area contributed by atoms with Crippen LogP contribution in [0.1, 0.15) is 6.92 Å². The lowest BCUT2D eigenvalue weighted by atomic mass is 10.3. The Morgan fingerprint density at radius 1 is 1.29 bits per heavy atom. The van der Waals surface area contributed by atoms with Gasteiger partial charge < -0.3 is 31.4 Å². The molecule has 86 valence electrons. The standard InChI is InChI=1S/C6H17N3O5/c1-2-9(14)6(12,13)5(10,11)8-4-3-7/h8,10-14H,2-4,7H2,1H3. The summed E-state index contributed by atoms with van der Waals surface area (Å²) in [5.41, 5.74) is 5.06. The van der Waals surface area contributed by atoms with Crippen molar-refractivity contribution in [3.05, 3.63) is 0 Å². The average molecular weight is 211 g/mol. The molecular weight excluding hydrogens is 194 g/mol. The van der Waals surface area contributed by atoms with E-state index in [0.717, 1.165) is 0 Å². The number of hydrogen-bond donors (Lipinski definition) is 7. The van der Waals surface area contributed by atoms with Crippen molar-refractivity contribution in [1.82, 2.24) is 10.4 Å². The van der Waals surface area contributed by atoms with Crippen molar-refractivity contribution in [1.29, 1.82) is 0 Å². The highest BCUT2D eigenvalue weighted by molar-refractivity contribution is 4.76. The van der Waals surface area contributed by atoms with Gasteiger partial charge in [0.2, 0.25) is 0 Å². The number of hydrogen-bond acceptors (Lipinski definition) is 8. The number of rotatable bonds is 6. The van der Waals surface area contributed by atoms with Crippen LogP contribution in [0, 0.1) is 0 Å². The maximum absolute atomic E-state index is 9.17. The van der Waals surface area contributed by atoms with Crippen molar-refractivity contribution in [2.24, 2.45) is 5.73 Å². The van der Waals surface area contributed by atoms with Crippen LogP contribution in [0.25, 0.3) is 0 Å². The number of nitrogens with two attached hydrogens (primary N) is 1. The molecule has 0 aliphatic heterocycles. The molecule has 0 aromatic rings. The molecule has 0 unspecified atom stereocenters. The van der Waals surface area contributed by atoms with Crippen LogP contribution in [0.5, 0.6) is 0 Å². The third-order valence-electron chi connectivity index (χ3n) is 1.64. The van der Waals surface area contributed by atoms with Gasteiger partial charge in [0, 0.05) is 19.6 Å². The van der Waals surface area contributed by atoms with Gasteiger partial charge in [0.15, 0.2) is 0 Å². The highest BCUT2D eigenvalue weighted by Gasteiger charge is 2.51. The van der Waals surface area contributed by atoms with Crippen LogP contribution >= 0.6 is 0 Å². The fourth-order valence-corrected chi connectivity index (χ4v) is 0.765. The van der Waals surface area contributed by atoms with Crippen molar-refractivity contribution < 1.29 is 25.6 Å². The number of nitrogens with zero attached hydrogens (tertiary/aromatic N) is 1. The molecule has 0 heterocycles. The van der Waals surface area contributed by atoms with E-state index in [4.69, 9.17) is 31.4 Å². The van der Waals surface area contributed by atoms with E-state index in [9.17, 15) is 0 Å². The Morgan fingerprint density at radius 2 is 1.79 bits per heavy atom. The first-order valence-corrected chi connectivity index (χ1v) is 4.10. The molecule has 0 aromatic heterocycles. The number of hydroxylamine groups is 2. The first-order chi connectivity index (χ1) is 6.29. The highest BCUT2D eigenvalue weighted by Crippen LogP contribution is 2.16. The quantitative estimate of drug-likeness (QED) is 0.177. The molecule has 0 amide bonds. The Morgan fingerprint density at radius 3 is 2.14 bits per heavy atom. The molecule has 0 fully saturated rings. The van der Waals surface area contributed by atoms with Gasteiger partial charge in [-0.25, -0.2) is 0 Å². The summed E-state index contributed by atoms with van der Waals surface area (Å²) in [5, 5.41) is 47.5. The van der Waals surface area contributed by atoms with Crippen LogP contribution in [0.2, 0.25) is 0 Å². The molecule has 0 radical (unpaired) electrons. The van der Waals surface area contributed by atoms with E-state index in [1.54, 1.807) is 0 Å². The van der Waals surface area contributed by atoms with Gasteiger partial charge in [-0.3, -0.25) is 5.32 Å². The van der Waals surface area contributed by atoms with Gasteiger partial charge in [-0.1, -0.05) is 0 Å². The van der Waals surface area contributed by atoms with Gasteiger partial charge in [-0.15, -0.1) is 5.06 Å². The van der Waals surface area contributed by atoms with Gasteiger partial charge >= 0.3 is 5.91 Å². The van der Waals surface area contributed by atoms with Crippen LogP contribution in [-0.2, 0) is 0 Å². The van der Waals surface area contributed by atoms with Crippen LogP contribution < -0.4 is 11.1 Å².